The zero-order valence-electron chi connectivity index (χ0n) is 16.5. The van der Waals surface area contributed by atoms with Crippen molar-refractivity contribution < 1.29 is 4.79 Å². The molecule has 0 atom stereocenters. The lowest BCUT2D eigenvalue weighted by Crippen LogP contribution is -2.47. The van der Waals surface area contributed by atoms with Gasteiger partial charge in [0.05, 0.1) is 11.9 Å². The number of amides is 1. The molecule has 1 saturated heterocycles. The van der Waals surface area contributed by atoms with E-state index in [1.807, 2.05) is 37.3 Å². The van der Waals surface area contributed by atoms with Gasteiger partial charge in [0.2, 0.25) is 5.95 Å². The van der Waals surface area contributed by atoms with Gasteiger partial charge in [-0.3, -0.25) is 4.79 Å². The standard InChI is InChI=1S/C22H24N6O/c1-17-4-2-5-18(14-17)15-26-21(29)20-7-6-19(16-25-20)27-10-12-28(13-11-27)22-23-8-3-9-24-22/h2-9,14,16H,10-13,15H2,1H3,(H,26,29). The molecular formula is C22H24N6O. The Kier molecular flexibility index (Phi) is 5.65. The number of carbonyl (C=O) groups excluding carboxylic acids is 1. The number of aromatic nitrogens is 3. The molecule has 3 aromatic rings. The van der Waals surface area contributed by atoms with Crippen molar-refractivity contribution in [2.75, 3.05) is 36.0 Å². The first kappa shape index (κ1) is 18.9. The summed E-state index contributed by atoms with van der Waals surface area (Å²) in [7, 11) is 0. The van der Waals surface area contributed by atoms with Gasteiger partial charge < -0.3 is 15.1 Å². The normalized spacial score (nSPS) is 14.0. The van der Waals surface area contributed by atoms with Crippen LogP contribution in [-0.2, 0) is 6.54 Å². The molecule has 0 bridgehead atoms. The van der Waals surface area contributed by atoms with Gasteiger partial charge in [-0.2, -0.15) is 0 Å². The molecule has 1 amide bonds. The molecule has 1 aromatic carbocycles. The van der Waals surface area contributed by atoms with Crippen molar-refractivity contribution in [1.29, 1.82) is 0 Å². The summed E-state index contributed by atoms with van der Waals surface area (Å²) in [5.41, 5.74) is 3.71. The predicted octanol–water partition coefficient (Wildman–Crippen LogP) is 2.44. The summed E-state index contributed by atoms with van der Waals surface area (Å²) in [5.74, 6) is 0.606. The van der Waals surface area contributed by atoms with Crippen LogP contribution in [0.3, 0.4) is 0 Å². The molecule has 1 N–H and O–H groups in total. The molecule has 0 saturated carbocycles. The summed E-state index contributed by atoms with van der Waals surface area (Å²) in [6.45, 7) is 5.95. The number of hydrogen-bond donors (Lipinski definition) is 1. The van der Waals surface area contributed by atoms with Gasteiger partial charge in [0, 0.05) is 45.1 Å². The second-order valence-electron chi connectivity index (χ2n) is 7.10. The molecular weight excluding hydrogens is 364 g/mol. The van der Waals surface area contributed by atoms with Crippen LogP contribution in [0, 0.1) is 6.92 Å². The molecule has 1 aliphatic heterocycles. The van der Waals surface area contributed by atoms with E-state index in [2.05, 4.69) is 36.1 Å². The topological polar surface area (TPSA) is 74.2 Å². The van der Waals surface area contributed by atoms with Crippen molar-refractivity contribution in [3.63, 3.8) is 0 Å². The fourth-order valence-electron chi connectivity index (χ4n) is 3.42. The first-order valence-electron chi connectivity index (χ1n) is 9.76. The van der Waals surface area contributed by atoms with E-state index >= 15 is 0 Å². The summed E-state index contributed by atoms with van der Waals surface area (Å²) in [6.07, 6.45) is 5.30. The van der Waals surface area contributed by atoms with Crippen LogP contribution in [0.5, 0.6) is 0 Å². The molecule has 7 nitrogen and oxygen atoms in total. The molecule has 3 heterocycles. The Labute approximate surface area is 170 Å². The third kappa shape index (κ3) is 4.68. The quantitative estimate of drug-likeness (QED) is 0.724. The van der Waals surface area contributed by atoms with E-state index in [9.17, 15) is 4.79 Å². The molecule has 1 aliphatic rings. The second-order valence-corrected chi connectivity index (χ2v) is 7.10. The number of nitrogens with zero attached hydrogens (tertiary/aromatic N) is 5. The average molecular weight is 388 g/mol. The molecule has 7 heteroatoms. The van der Waals surface area contributed by atoms with Crippen molar-refractivity contribution in [2.45, 2.75) is 13.5 Å². The molecule has 148 valence electrons. The lowest BCUT2D eigenvalue weighted by atomic mass is 10.1. The number of hydrogen-bond acceptors (Lipinski definition) is 6. The van der Waals surface area contributed by atoms with Gasteiger partial charge in [0.25, 0.3) is 5.91 Å². The van der Waals surface area contributed by atoms with Crippen molar-refractivity contribution >= 4 is 17.5 Å². The molecule has 0 aliphatic carbocycles. The third-order valence-electron chi connectivity index (χ3n) is 5.00. The highest BCUT2D eigenvalue weighted by atomic mass is 16.1. The molecule has 4 rings (SSSR count). The number of benzene rings is 1. The van der Waals surface area contributed by atoms with E-state index in [0.717, 1.165) is 43.4 Å². The maximum atomic E-state index is 12.4. The van der Waals surface area contributed by atoms with Gasteiger partial charge >= 0.3 is 0 Å². The SMILES string of the molecule is Cc1cccc(CNC(=O)c2ccc(N3CCN(c4ncccn4)CC3)cn2)c1. The van der Waals surface area contributed by atoms with Crippen LogP contribution in [0.4, 0.5) is 11.6 Å². The van der Waals surface area contributed by atoms with Crippen LogP contribution in [0.15, 0.2) is 61.1 Å². The molecule has 2 aromatic heterocycles. The highest BCUT2D eigenvalue weighted by molar-refractivity contribution is 5.92. The fraction of sp³-hybridized carbons (Fsp3) is 0.273. The highest BCUT2D eigenvalue weighted by Gasteiger charge is 2.19. The van der Waals surface area contributed by atoms with Gasteiger partial charge in [-0.05, 0) is 30.7 Å². The number of nitrogens with one attached hydrogen (secondary N) is 1. The van der Waals surface area contributed by atoms with E-state index in [1.165, 1.54) is 5.56 Å². The monoisotopic (exact) mass is 388 g/mol. The van der Waals surface area contributed by atoms with Crippen LogP contribution in [0.25, 0.3) is 0 Å². The molecule has 0 unspecified atom stereocenters. The van der Waals surface area contributed by atoms with Crippen LogP contribution in [-0.4, -0.2) is 47.0 Å². The number of pyridine rings is 1. The zero-order chi connectivity index (χ0) is 20.1. The summed E-state index contributed by atoms with van der Waals surface area (Å²) >= 11 is 0. The summed E-state index contributed by atoms with van der Waals surface area (Å²) in [6, 6.07) is 13.7. The predicted molar refractivity (Wildman–Crippen MR) is 113 cm³/mol. The first-order chi connectivity index (χ1) is 14.2. The van der Waals surface area contributed by atoms with Crippen LogP contribution >= 0.6 is 0 Å². The van der Waals surface area contributed by atoms with E-state index in [4.69, 9.17) is 0 Å². The summed E-state index contributed by atoms with van der Waals surface area (Å²) < 4.78 is 0. The van der Waals surface area contributed by atoms with Crippen LogP contribution in [0.1, 0.15) is 21.6 Å². The van der Waals surface area contributed by atoms with E-state index < -0.39 is 0 Å². The van der Waals surface area contributed by atoms with Gasteiger partial charge in [-0.15, -0.1) is 0 Å². The Morgan fingerprint density at radius 1 is 0.966 bits per heavy atom. The molecule has 0 spiro atoms. The largest absolute Gasteiger partial charge is 0.367 e. The minimum absolute atomic E-state index is 0.163. The Bertz CT molecular complexity index is 953. The smallest absolute Gasteiger partial charge is 0.270 e. The molecule has 0 radical (unpaired) electrons. The molecule has 1 fully saturated rings. The van der Waals surface area contributed by atoms with Crippen molar-refractivity contribution in [2.24, 2.45) is 0 Å². The maximum absolute atomic E-state index is 12.4. The van der Waals surface area contributed by atoms with E-state index in [1.54, 1.807) is 24.7 Å². The van der Waals surface area contributed by atoms with E-state index in [0.29, 0.717) is 12.2 Å². The minimum atomic E-state index is -0.163. The maximum Gasteiger partial charge on any atom is 0.270 e. The third-order valence-corrected chi connectivity index (χ3v) is 5.00. The number of rotatable bonds is 5. The average Bonchev–Trinajstić information content (AvgIpc) is 2.78. The highest BCUT2D eigenvalue weighted by Crippen LogP contribution is 2.17. The Balaban J connectivity index is 1.31. The summed E-state index contributed by atoms with van der Waals surface area (Å²) in [5, 5.41) is 2.93. The summed E-state index contributed by atoms with van der Waals surface area (Å²) in [4.78, 5) is 29.8. The van der Waals surface area contributed by atoms with Gasteiger partial charge in [0.1, 0.15) is 5.69 Å². The van der Waals surface area contributed by atoms with Crippen molar-refractivity contribution in [1.82, 2.24) is 20.3 Å². The molecule has 29 heavy (non-hydrogen) atoms. The lowest BCUT2D eigenvalue weighted by molar-refractivity contribution is 0.0946. The first-order valence-corrected chi connectivity index (χ1v) is 9.76. The van der Waals surface area contributed by atoms with Crippen LogP contribution in [0.2, 0.25) is 0 Å². The van der Waals surface area contributed by atoms with Crippen molar-refractivity contribution in [3.8, 4) is 0 Å². The zero-order valence-corrected chi connectivity index (χ0v) is 16.5. The van der Waals surface area contributed by atoms with Crippen LogP contribution < -0.4 is 15.1 Å². The number of aryl methyl sites for hydroxylation is 1. The van der Waals surface area contributed by atoms with Gasteiger partial charge in [-0.25, -0.2) is 15.0 Å². The Hall–Kier alpha value is -3.48. The van der Waals surface area contributed by atoms with Gasteiger partial charge in [0.15, 0.2) is 0 Å². The fourth-order valence-corrected chi connectivity index (χ4v) is 3.42. The second kappa shape index (κ2) is 8.68. The number of anilines is 2. The lowest BCUT2D eigenvalue weighted by Gasteiger charge is -2.35. The van der Waals surface area contributed by atoms with Gasteiger partial charge in [-0.1, -0.05) is 29.8 Å². The van der Waals surface area contributed by atoms with E-state index in [-0.39, 0.29) is 5.91 Å². The number of carbonyl (C=O) groups is 1. The number of piperazine rings is 1. The minimum Gasteiger partial charge on any atom is -0.367 e. The van der Waals surface area contributed by atoms with Crippen molar-refractivity contribution in [3.05, 3.63) is 77.9 Å². The Morgan fingerprint density at radius 2 is 1.72 bits per heavy atom. The Morgan fingerprint density at radius 3 is 2.41 bits per heavy atom.